The van der Waals surface area contributed by atoms with Gasteiger partial charge in [-0.05, 0) is 57.6 Å². The molecule has 2 heterocycles. The number of aryl methyl sites for hydroxylation is 1. The van der Waals surface area contributed by atoms with E-state index < -0.39 is 38.8 Å². The van der Waals surface area contributed by atoms with E-state index in [4.69, 9.17) is 18.6 Å². The minimum atomic E-state index is -4.66. The quantitative estimate of drug-likeness (QED) is 0.152. The van der Waals surface area contributed by atoms with Crippen LogP contribution in [0.2, 0.25) is 0 Å². The molecule has 0 saturated carbocycles. The molecular weight excluding hydrogens is 748 g/mol. The summed E-state index contributed by atoms with van der Waals surface area (Å²) >= 11 is 0. The third kappa shape index (κ3) is 10.7. The van der Waals surface area contributed by atoms with Crippen molar-refractivity contribution in [3.05, 3.63) is 125 Å². The third-order valence-electron chi connectivity index (χ3n) is 11.0. The number of hydrogen-bond donors (Lipinski definition) is 0. The number of rotatable bonds is 13. The summed E-state index contributed by atoms with van der Waals surface area (Å²) in [7, 11) is 0.559. The summed E-state index contributed by atoms with van der Waals surface area (Å²) in [5.41, 5.74) is 2.06. The molecule has 2 fully saturated rings. The molecule has 2 saturated heterocycles. The van der Waals surface area contributed by atoms with Crippen LogP contribution < -0.4 is 15.1 Å². The second kappa shape index (κ2) is 18.7. The maximum Gasteiger partial charge on any atom is 0.416 e. The van der Waals surface area contributed by atoms with Gasteiger partial charge >= 0.3 is 6.18 Å². The SMILES string of the molecule is COC[C@@H]1CN(CCN2CCN(C(=O)c3cc(OC)cc(C(F)(F)F)c3)[C@@H](C(O[SiH](c3ccccc3)c3ccccc3)c3ccc(C)c(C(C)(C)C)c3)C2)CCO1. The van der Waals surface area contributed by atoms with Gasteiger partial charge in [0, 0.05) is 58.5 Å². The Labute approximate surface area is 337 Å². The van der Waals surface area contributed by atoms with E-state index in [1.165, 1.54) is 13.2 Å². The lowest BCUT2D eigenvalue weighted by molar-refractivity contribution is -0.137. The number of halogens is 3. The summed E-state index contributed by atoms with van der Waals surface area (Å²) in [6.07, 6.45) is -5.27. The van der Waals surface area contributed by atoms with E-state index in [9.17, 15) is 18.0 Å². The predicted molar refractivity (Wildman–Crippen MR) is 220 cm³/mol. The van der Waals surface area contributed by atoms with Crippen molar-refractivity contribution in [3.8, 4) is 5.75 Å². The maximum atomic E-state index is 14.8. The second-order valence-electron chi connectivity index (χ2n) is 16.1. The zero-order valence-corrected chi connectivity index (χ0v) is 35.1. The first-order valence-electron chi connectivity index (χ1n) is 19.7. The Hall–Kier alpha value is -4.04. The van der Waals surface area contributed by atoms with E-state index >= 15 is 0 Å². The Morgan fingerprint density at radius 3 is 2.09 bits per heavy atom. The average molecular weight is 804 g/mol. The molecule has 57 heavy (non-hydrogen) atoms. The number of amides is 1. The van der Waals surface area contributed by atoms with Gasteiger partial charge in [0.25, 0.3) is 5.91 Å². The minimum absolute atomic E-state index is 0.00427. The zero-order valence-electron chi connectivity index (χ0n) is 33.9. The third-order valence-corrected chi connectivity index (χ3v) is 13.6. The van der Waals surface area contributed by atoms with E-state index in [0.717, 1.165) is 65.4 Å². The summed E-state index contributed by atoms with van der Waals surface area (Å²) in [5, 5.41) is 2.17. The number of carbonyl (C=O) groups excluding carboxylic acids is 1. The molecular formula is C45H56F3N3O5Si. The lowest BCUT2D eigenvalue weighted by Gasteiger charge is -2.46. The van der Waals surface area contributed by atoms with Crippen molar-refractivity contribution in [3.63, 3.8) is 0 Å². The van der Waals surface area contributed by atoms with Crippen molar-refractivity contribution < 1.29 is 36.6 Å². The lowest BCUT2D eigenvalue weighted by Crippen LogP contribution is -2.60. The van der Waals surface area contributed by atoms with E-state index in [2.05, 4.69) is 80.0 Å². The fourth-order valence-electron chi connectivity index (χ4n) is 8.07. The van der Waals surface area contributed by atoms with Crippen LogP contribution in [0, 0.1) is 6.92 Å². The minimum Gasteiger partial charge on any atom is -0.497 e. The molecule has 0 bridgehead atoms. The standard InChI is InChI=1S/C45H56F3N3O5Si/c1-32-17-18-33(27-40(32)44(2,3)4)42(56-57(38-13-9-7-10-14-38)39-15-11-8-12-16-39)41-30-49(19-20-50-23-24-55-37(29-50)31-53-5)21-22-51(41)43(52)34-25-35(45(46,47)48)28-36(26-34)54-6/h7-18,25-28,37,41-42,57H,19-24,29-31H2,1-6H3/t37-,41+,42?/m0/s1. The highest BCUT2D eigenvalue weighted by Gasteiger charge is 2.41. The van der Waals surface area contributed by atoms with Gasteiger partial charge in [-0.15, -0.1) is 0 Å². The molecule has 6 rings (SSSR count). The monoisotopic (exact) mass is 803 g/mol. The van der Waals surface area contributed by atoms with Crippen LogP contribution in [0.4, 0.5) is 13.2 Å². The molecule has 12 heteroatoms. The number of piperazine rings is 1. The van der Waals surface area contributed by atoms with Crippen molar-refractivity contribution in [1.82, 2.24) is 14.7 Å². The molecule has 8 nitrogen and oxygen atoms in total. The topological polar surface area (TPSA) is 63.7 Å². The molecule has 2 aliphatic heterocycles. The molecule has 0 aliphatic carbocycles. The predicted octanol–water partition coefficient (Wildman–Crippen LogP) is 6.09. The largest absolute Gasteiger partial charge is 0.497 e. The number of hydrogen-bond acceptors (Lipinski definition) is 7. The van der Waals surface area contributed by atoms with Gasteiger partial charge in [-0.1, -0.05) is 99.6 Å². The van der Waals surface area contributed by atoms with Crippen molar-refractivity contribution in [2.45, 2.75) is 57.5 Å². The molecule has 3 atom stereocenters. The summed E-state index contributed by atoms with van der Waals surface area (Å²) in [6, 6.07) is 29.6. The summed E-state index contributed by atoms with van der Waals surface area (Å²) < 4.78 is 66.7. The highest BCUT2D eigenvalue weighted by Crippen LogP contribution is 2.36. The number of alkyl halides is 3. The van der Waals surface area contributed by atoms with Crippen LogP contribution in [-0.2, 0) is 25.5 Å². The van der Waals surface area contributed by atoms with Gasteiger partial charge in [0.05, 0.1) is 44.1 Å². The number of carbonyl (C=O) groups is 1. The van der Waals surface area contributed by atoms with Crippen LogP contribution in [0.25, 0.3) is 0 Å². The van der Waals surface area contributed by atoms with Gasteiger partial charge in [0.15, 0.2) is 0 Å². The van der Waals surface area contributed by atoms with Crippen LogP contribution in [0.3, 0.4) is 0 Å². The lowest BCUT2D eigenvalue weighted by atomic mass is 9.82. The first-order valence-corrected chi connectivity index (χ1v) is 21.4. The molecule has 4 aromatic rings. The second-order valence-corrected chi connectivity index (χ2v) is 18.5. The number of methoxy groups -OCH3 is 2. The van der Waals surface area contributed by atoms with Crippen LogP contribution in [-0.4, -0.2) is 115 Å². The van der Waals surface area contributed by atoms with Gasteiger partial charge in [0.1, 0.15) is 5.75 Å². The molecule has 4 aromatic carbocycles. The van der Waals surface area contributed by atoms with Gasteiger partial charge < -0.3 is 23.5 Å². The molecule has 0 aromatic heterocycles. The Bertz CT molecular complexity index is 1890. The molecule has 306 valence electrons. The first kappa shape index (κ1) is 42.6. The zero-order chi connectivity index (χ0) is 40.7. The highest BCUT2D eigenvalue weighted by atomic mass is 28.3. The summed E-state index contributed by atoms with van der Waals surface area (Å²) in [4.78, 5) is 21.3. The normalized spacial score (nSPS) is 19.2. The smallest absolute Gasteiger partial charge is 0.416 e. The fraction of sp³-hybridized carbons (Fsp3) is 0.444. The van der Waals surface area contributed by atoms with Crippen molar-refractivity contribution >= 4 is 25.3 Å². The fourth-order valence-corrected chi connectivity index (χ4v) is 10.5. The molecule has 0 N–H and O–H groups in total. The van der Waals surface area contributed by atoms with Crippen LogP contribution in [0.15, 0.2) is 97.1 Å². The Morgan fingerprint density at radius 1 is 0.842 bits per heavy atom. The van der Waals surface area contributed by atoms with Crippen LogP contribution >= 0.6 is 0 Å². The highest BCUT2D eigenvalue weighted by molar-refractivity contribution is 6.80. The van der Waals surface area contributed by atoms with Gasteiger partial charge in [-0.25, -0.2) is 0 Å². The van der Waals surface area contributed by atoms with E-state index in [1.807, 2.05) is 36.4 Å². The van der Waals surface area contributed by atoms with Gasteiger partial charge in [0.2, 0.25) is 9.04 Å². The molecule has 0 radical (unpaired) electrons. The van der Waals surface area contributed by atoms with Crippen molar-refractivity contribution in [2.24, 2.45) is 0 Å². The number of nitrogens with zero attached hydrogens (tertiary/aromatic N) is 3. The first-order chi connectivity index (χ1) is 27.2. The Morgan fingerprint density at radius 2 is 1.49 bits per heavy atom. The van der Waals surface area contributed by atoms with Gasteiger partial charge in [-0.3, -0.25) is 14.6 Å². The molecule has 2 aliphatic rings. The van der Waals surface area contributed by atoms with Crippen molar-refractivity contribution in [2.75, 3.05) is 73.2 Å². The van der Waals surface area contributed by atoms with Crippen LogP contribution in [0.1, 0.15) is 59.5 Å². The Kier molecular flexibility index (Phi) is 14.0. The van der Waals surface area contributed by atoms with E-state index in [0.29, 0.717) is 32.8 Å². The molecule has 1 unspecified atom stereocenters. The number of ether oxygens (including phenoxy) is 3. The van der Waals surface area contributed by atoms with Crippen LogP contribution in [0.5, 0.6) is 5.75 Å². The molecule has 0 spiro atoms. The van der Waals surface area contributed by atoms with Gasteiger partial charge in [-0.2, -0.15) is 13.2 Å². The van der Waals surface area contributed by atoms with Crippen molar-refractivity contribution in [1.29, 1.82) is 0 Å². The molecule has 1 amide bonds. The Balaban J connectivity index is 1.45. The van der Waals surface area contributed by atoms with E-state index in [1.54, 1.807) is 12.0 Å². The summed E-state index contributed by atoms with van der Waals surface area (Å²) in [5.74, 6) is -0.517. The summed E-state index contributed by atoms with van der Waals surface area (Å²) in [6.45, 7) is 14.2. The maximum absolute atomic E-state index is 14.8. The number of benzene rings is 4. The number of morpholine rings is 1. The average Bonchev–Trinajstić information content (AvgIpc) is 3.20. The van der Waals surface area contributed by atoms with E-state index in [-0.39, 0.29) is 22.8 Å².